The Bertz CT molecular complexity index is 2090. The number of halogens is 2. The molecule has 18 nitrogen and oxygen atoms in total. The van der Waals surface area contributed by atoms with E-state index in [0.29, 0.717) is 28.6 Å². The third-order valence-corrected chi connectivity index (χ3v) is 12.8. The van der Waals surface area contributed by atoms with E-state index in [1.165, 1.54) is 12.5 Å². The van der Waals surface area contributed by atoms with Gasteiger partial charge in [0, 0.05) is 6.20 Å². The van der Waals surface area contributed by atoms with Crippen molar-refractivity contribution in [1.82, 2.24) is 34.1 Å². The van der Waals surface area contributed by atoms with Gasteiger partial charge in [-0.1, -0.05) is 0 Å². The highest BCUT2D eigenvalue weighted by atomic mass is 32.5. The summed E-state index contributed by atoms with van der Waals surface area (Å²) in [7, 11) is 0. The van der Waals surface area contributed by atoms with E-state index in [1.807, 2.05) is 0 Å². The number of H-pyrrole nitrogens is 1. The van der Waals surface area contributed by atoms with Crippen LogP contribution >= 0.6 is 25.2 Å². The number of rotatable bonds is 2. The zero-order valence-corrected chi connectivity index (χ0v) is 27.6. The Kier molecular flexibility index (Phi) is 7.41. The molecule has 4 aromatic rings. The molecule has 4 aliphatic heterocycles. The van der Waals surface area contributed by atoms with Crippen LogP contribution in [0.15, 0.2) is 29.7 Å². The quantitative estimate of drug-likeness (QED) is 0.179. The van der Waals surface area contributed by atoms with Gasteiger partial charge in [-0.15, -0.1) is 11.8 Å². The lowest BCUT2D eigenvalue weighted by Crippen LogP contribution is -2.46. The van der Waals surface area contributed by atoms with Crippen molar-refractivity contribution in [1.29, 1.82) is 0 Å². The van der Waals surface area contributed by atoms with Crippen LogP contribution in [0.1, 0.15) is 11.6 Å². The summed E-state index contributed by atoms with van der Waals surface area (Å²) in [6.07, 6.45) is -1.22. The van der Waals surface area contributed by atoms with Crippen LogP contribution in [0.2, 0.25) is 0 Å². The summed E-state index contributed by atoms with van der Waals surface area (Å²) in [5.74, 6) is -4.05. The van der Waals surface area contributed by atoms with Gasteiger partial charge in [0.15, 0.2) is 29.1 Å². The van der Waals surface area contributed by atoms with Crippen LogP contribution in [0.3, 0.4) is 0 Å². The summed E-state index contributed by atoms with van der Waals surface area (Å²) < 4.78 is 69.9. The van der Waals surface area contributed by atoms with Crippen LogP contribution in [0.5, 0.6) is 0 Å². The van der Waals surface area contributed by atoms with Crippen molar-refractivity contribution in [3.8, 4) is 0 Å². The number of nitrogens with two attached hydrogens (primary N) is 2. The summed E-state index contributed by atoms with van der Waals surface area (Å²) in [5.41, 5.74) is 10.3. The summed E-state index contributed by atoms with van der Waals surface area (Å²) in [5, 5.41) is -3.12. The molecule has 47 heavy (non-hydrogen) atoms. The number of imidazole rings is 2. The van der Waals surface area contributed by atoms with Crippen molar-refractivity contribution in [2.75, 3.05) is 31.3 Å². The maximum atomic E-state index is 16.1. The van der Waals surface area contributed by atoms with E-state index in [1.54, 1.807) is 10.6 Å². The van der Waals surface area contributed by atoms with Crippen LogP contribution in [-0.4, -0.2) is 98.7 Å². The van der Waals surface area contributed by atoms with Gasteiger partial charge in [0.2, 0.25) is 5.95 Å². The highest BCUT2D eigenvalue weighted by molar-refractivity contribution is 8.07. The zero-order chi connectivity index (χ0) is 33.1. The van der Waals surface area contributed by atoms with Gasteiger partial charge >= 0.3 is 13.4 Å². The molecule has 8 rings (SSSR count). The molecule has 7 N–H and O–H groups in total. The Morgan fingerprint density at radius 3 is 2.55 bits per heavy atom. The third-order valence-electron chi connectivity index (χ3n) is 8.19. The van der Waals surface area contributed by atoms with Gasteiger partial charge < -0.3 is 39.8 Å². The summed E-state index contributed by atoms with van der Waals surface area (Å²) in [4.78, 5) is 53.7. The molecular weight excluding hydrogens is 730 g/mol. The first-order valence-corrected chi connectivity index (χ1v) is 19.7. The standard InChI is InChI=1S/C22H23F2N9O9P2S3/c23-22(24)9-3-38-43(35,45)41-13-12-18(32-6-28-10-8(25)1-2-27-15(10)32)40-21(13,4-37-12)5-39-44(36,46)42-14(22)19(47-9)33-7-29-11-16(33)30-20(26)31-17(11)34/h1-2,6-7,9,12-14,18-19H,3-5H2,(H2,25,27)(H,35,45)(H,36,46)(H3,26,30,31,34)/t9-,12-,13+,14+,18-,19-,21-,43?,44?/m1/s1. The van der Waals surface area contributed by atoms with Gasteiger partial charge in [-0.2, -0.15) is 4.98 Å². The molecule has 2 unspecified atom stereocenters. The maximum Gasteiger partial charge on any atom is 0.325 e. The Morgan fingerprint density at radius 1 is 1.02 bits per heavy atom. The molecular formula is C22H23F2N9O9P2S3. The van der Waals surface area contributed by atoms with Gasteiger partial charge in [-0.3, -0.25) is 28.0 Å². The molecule has 4 saturated heterocycles. The van der Waals surface area contributed by atoms with E-state index in [2.05, 4.69) is 24.9 Å². The van der Waals surface area contributed by atoms with E-state index >= 15 is 8.78 Å². The monoisotopic (exact) mass is 753 g/mol. The second-order valence-corrected chi connectivity index (χ2v) is 18.0. The van der Waals surface area contributed by atoms with Crippen molar-refractivity contribution in [3.63, 3.8) is 0 Å². The molecule has 8 heterocycles. The van der Waals surface area contributed by atoms with Crippen LogP contribution in [0, 0.1) is 0 Å². The molecule has 252 valence electrons. The second kappa shape index (κ2) is 10.9. The number of anilines is 2. The van der Waals surface area contributed by atoms with Crippen LogP contribution in [-0.2, 0) is 51.2 Å². The summed E-state index contributed by atoms with van der Waals surface area (Å²) in [6.45, 7) is -10.4. The fourth-order valence-electron chi connectivity index (χ4n) is 6.03. The average molecular weight is 754 g/mol. The molecule has 0 saturated carbocycles. The largest absolute Gasteiger partial charge is 0.397 e. The molecule has 4 aliphatic rings. The van der Waals surface area contributed by atoms with E-state index in [4.69, 9.17) is 62.6 Å². The SMILES string of the molecule is Nc1nc2c(ncn2[C@@H]2S[C@@H]3COP(O)(=S)O[C@H]4[C@H]5OC[C@]4(COP(O)(=S)O[C@@H]2C3(F)F)O[C@H]5n2cnc3c(N)ccnc32)c(=O)[nH]1. The molecule has 0 amide bonds. The molecule has 25 heteroatoms. The minimum Gasteiger partial charge on any atom is -0.397 e. The number of hydrogen-bond acceptors (Lipinski definition) is 16. The highest BCUT2D eigenvalue weighted by Crippen LogP contribution is 2.62. The van der Waals surface area contributed by atoms with Gasteiger partial charge in [-0.05, 0) is 29.7 Å². The minimum absolute atomic E-state index is 0.122. The van der Waals surface area contributed by atoms with Crippen molar-refractivity contribution in [2.24, 2.45) is 0 Å². The molecule has 4 bridgehead atoms. The van der Waals surface area contributed by atoms with Crippen molar-refractivity contribution < 1.29 is 46.1 Å². The molecule has 4 aromatic heterocycles. The number of nitrogens with zero attached hydrogens (tertiary/aromatic N) is 6. The smallest absolute Gasteiger partial charge is 0.325 e. The van der Waals surface area contributed by atoms with Crippen LogP contribution in [0.25, 0.3) is 22.3 Å². The van der Waals surface area contributed by atoms with Crippen molar-refractivity contribution in [2.45, 2.75) is 46.7 Å². The molecule has 0 aliphatic carbocycles. The lowest BCUT2D eigenvalue weighted by molar-refractivity contribution is -0.183. The topological polar surface area (TPSA) is 242 Å². The molecule has 4 fully saturated rings. The van der Waals surface area contributed by atoms with Gasteiger partial charge in [0.25, 0.3) is 11.5 Å². The van der Waals surface area contributed by atoms with E-state index in [0.717, 1.165) is 10.9 Å². The minimum atomic E-state index is -4.51. The Labute approximate surface area is 275 Å². The van der Waals surface area contributed by atoms with E-state index in [-0.39, 0.29) is 23.7 Å². The second-order valence-electron chi connectivity index (χ2n) is 11.1. The molecule has 0 spiro atoms. The fraction of sp³-hybridized carbons (Fsp3) is 0.500. The van der Waals surface area contributed by atoms with Crippen LogP contribution < -0.4 is 17.0 Å². The number of pyridine rings is 1. The number of aromatic nitrogens is 7. The van der Waals surface area contributed by atoms with Crippen molar-refractivity contribution in [3.05, 3.63) is 35.3 Å². The predicted molar refractivity (Wildman–Crippen MR) is 167 cm³/mol. The highest BCUT2D eigenvalue weighted by Gasteiger charge is 2.66. The van der Waals surface area contributed by atoms with Gasteiger partial charge in [0.1, 0.15) is 28.7 Å². The van der Waals surface area contributed by atoms with Crippen molar-refractivity contribution >= 4 is 82.8 Å². The molecule has 0 radical (unpaired) electrons. The Morgan fingerprint density at radius 2 is 1.74 bits per heavy atom. The third kappa shape index (κ3) is 5.15. The van der Waals surface area contributed by atoms with Gasteiger partial charge in [-0.25, -0.2) is 23.7 Å². The van der Waals surface area contributed by atoms with Gasteiger partial charge in [0.05, 0.1) is 43.4 Å². The number of fused-ring (bicyclic) bond motifs is 4. The first-order chi connectivity index (χ1) is 22.2. The Balaban J connectivity index is 1.16. The van der Waals surface area contributed by atoms with E-state index in [9.17, 15) is 14.6 Å². The van der Waals surface area contributed by atoms with E-state index < -0.39 is 78.9 Å². The number of nitrogens with one attached hydrogen (secondary N) is 1. The maximum absolute atomic E-state index is 16.1. The lowest BCUT2D eigenvalue weighted by Gasteiger charge is -2.33. The summed E-state index contributed by atoms with van der Waals surface area (Å²) >= 11 is 11.1. The summed E-state index contributed by atoms with van der Waals surface area (Å²) in [6, 6.07) is 1.58. The number of aromatic amines is 1. The normalized spacial score (nSPS) is 38.6. The fourth-order valence-corrected chi connectivity index (χ4v) is 10.6. The zero-order valence-electron chi connectivity index (χ0n) is 23.4. The number of nitrogen functional groups attached to an aromatic ring is 2. The average Bonchev–Trinajstić information content (AvgIpc) is 3.79. The molecule has 0 aromatic carbocycles. The number of thioether (sulfide) groups is 1. The Hall–Kier alpha value is -2.24. The first kappa shape index (κ1) is 32.0. The number of alkyl halides is 2. The number of hydrogen-bond donors (Lipinski definition) is 5. The predicted octanol–water partition coefficient (Wildman–Crippen LogP) is 0.895. The molecule has 9 atom stereocenters. The van der Waals surface area contributed by atoms with Crippen LogP contribution in [0.4, 0.5) is 20.4 Å². The lowest BCUT2D eigenvalue weighted by atomic mass is 10.0. The number of ether oxygens (including phenoxy) is 2. The first-order valence-electron chi connectivity index (χ1n) is 13.6.